The summed E-state index contributed by atoms with van der Waals surface area (Å²) in [7, 11) is 0. The third kappa shape index (κ3) is 9.07. The smallest absolute Gasteiger partial charge is 0.325 e. The summed E-state index contributed by atoms with van der Waals surface area (Å²) in [5.41, 5.74) is 0. The summed E-state index contributed by atoms with van der Waals surface area (Å²) < 4.78 is 28.1. The van der Waals surface area contributed by atoms with E-state index in [-0.39, 0.29) is 19.0 Å². The van der Waals surface area contributed by atoms with Gasteiger partial charge in [-0.3, -0.25) is 25.1 Å². The van der Waals surface area contributed by atoms with E-state index in [1.165, 1.54) is 0 Å². The number of carboxylic acid groups (broad SMARTS) is 1. The van der Waals surface area contributed by atoms with Crippen molar-refractivity contribution in [2.24, 2.45) is 5.92 Å². The lowest BCUT2D eigenvalue weighted by Gasteiger charge is -2.22. The molecule has 0 radical (unpaired) electrons. The fourth-order valence-corrected chi connectivity index (χ4v) is 2.70. The Morgan fingerprint density at radius 2 is 1.88 bits per heavy atom. The lowest BCUT2D eigenvalue weighted by atomic mass is 10.0. The maximum atomic E-state index is 12.2. The second-order valence-electron chi connectivity index (χ2n) is 6.26. The monoisotopic (exact) mass is 358 g/mol. The Hall–Kier alpha value is -2.12. The average Bonchev–Trinajstić information content (AvgIpc) is 3.41. The third-order valence-corrected chi connectivity index (χ3v) is 4.14. The van der Waals surface area contributed by atoms with Crippen molar-refractivity contribution in [3.8, 4) is 0 Å². The van der Waals surface area contributed by atoms with Crippen molar-refractivity contribution in [1.29, 1.82) is 5.41 Å². The highest BCUT2D eigenvalue weighted by Crippen LogP contribution is 2.36. The van der Waals surface area contributed by atoms with Crippen LogP contribution in [0.1, 0.15) is 61.9 Å². The van der Waals surface area contributed by atoms with Crippen LogP contribution >= 0.6 is 0 Å². The number of cyclic esters (lactones) is 1. The molecule has 2 aliphatic rings. The number of hydrogen-bond donors (Lipinski definition) is 3. The van der Waals surface area contributed by atoms with Gasteiger partial charge >= 0.3 is 5.97 Å². The van der Waals surface area contributed by atoms with Crippen LogP contribution in [0.25, 0.3) is 0 Å². The summed E-state index contributed by atoms with van der Waals surface area (Å²) in [6, 6.07) is 0. The van der Waals surface area contributed by atoms with Gasteiger partial charge in [0.25, 0.3) is 6.47 Å². The molecule has 0 bridgehead atoms. The van der Waals surface area contributed by atoms with E-state index >= 15 is 0 Å². The molecule has 0 aromatic rings. The number of ether oxygens (including phenoxy) is 1. The minimum absolute atomic E-state index is 0.167. The molecule has 2 fully saturated rings. The second-order valence-corrected chi connectivity index (χ2v) is 6.26. The van der Waals surface area contributed by atoms with E-state index in [1.54, 1.807) is 0 Å². The van der Waals surface area contributed by atoms with E-state index in [2.05, 4.69) is 5.32 Å². The summed E-state index contributed by atoms with van der Waals surface area (Å²) in [6.07, 6.45) is 7.55. The molecule has 8 heteroatoms. The highest BCUT2D eigenvalue weighted by Gasteiger charge is 2.33. The predicted octanol–water partition coefficient (Wildman–Crippen LogP) is 1.74. The number of hydrogen-bond acceptors (Lipinski definition) is 5. The largest absolute Gasteiger partial charge is 0.483 e. The number of rotatable bonds is 1. The fourth-order valence-electron chi connectivity index (χ4n) is 2.70. The van der Waals surface area contributed by atoms with Gasteiger partial charge in [-0.2, -0.15) is 0 Å². The van der Waals surface area contributed by atoms with Gasteiger partial charge < -0.3 is 14.7 Å². The van der Waals surface area contributed by atoms with Crippen LogP contribution in [0, 0.1) is 11.3 Å². The Bertz CT molecular complexity index is 553. The van der Waals surface area contributed by atoms with Gasteiger partial charge in [-0.05, 0) is 38.0 Å². The standard InChI is InChI=1S/C16H27N3O3.CH2O2/c1-19-11-15(21)22-13(12-9-10-12)7-5-3-2-4-6-8-14(20)18-16(19)17;2-1-3/h12-13H,2-11H2,1H3,(H2,17,18,20);1H,(H,2,3)/i1D3;. The van der Waals surface area contributed by atoms with E-state index in [0.29, 0.717) is 17.2 Å². The van der Waals surface area contributed by atoms with Gasteiger partial charge in [0.2, 0.25) is 5.91 Å². The van der Waals surface area contributed by atoms with Gasteiger partial charge in [0, 0.05) is 17.5 Å². The first kappa shape index (κ1) is 16.4. The van der Waals surface area contributed by atoms with Gasteiger partial charge in [-0.1, -0.05) is 19.3 Å². The average molecular weight is 358 g/mol. The first-order valence-corrected chi connectivity index (χ1v) is 8.62. The van der Waals surface area contributed by atoms with E-state index in [0.717, 1.165) is 44.9 Å². The number of likely N-dealkylation sites (N-methyl/N-ethyl adjacent to an activating group) is 1. The van der Waals surface area contributed by atoms with Crippen LogP contribution in [-0.2, 0) is 19.1 Å². The number of carbonyl (C=O) groups is 3. The van der Waals surface area contributed by atoms with Gasteiger partial charge in [0.05, 0.1) is 0 Å². The molecule has 1 atom stereocenters. The maximum Gasteiger partial charge on any atom is 0.325 e. The highest BCUT2D eigenvalue weighted by atomic mass is 16.5. The molecule has 0 aromatic heterocycles. The summed E-state index contributed by atoms with van der Waals surface area (Å²) in [4.78, 5) is 33.0. The van der Waals surface area contributed by atoms with Crippen LogP contribution in [-0.4, -0.2) is 53.9 Å². The number of amides is 1. The number of nitrogens with one attached hydrogen (secondary N) is 2. The van der Waals surface area contributed by atoms with Crippen molar-refractivity contribution >= 4 is 24.3 Å². The molecule has 3 N–H and O–H groups in total. The van der Waals surface area contributed by atoms with E-state index in [4.69, 9.17) is 24.2 Å². The number of carbonyl (C=O) groups excluding carboxylic acids is 2. The topological polar surface area (TPSA) is 120 Å². The Labute approximate surface area is 152 Å². The van der Waals surface area contributed by atoms with Crippen molar-refractivity contribution in [2.75, 3.05) is 13.5 Å². The summed E-state index contributed by atoms with van der Waals surface area (Å²) in [5.74, 6) is -1.28. The maximum absolute atomic E-state index is 12.2. The SMILES string of the molecule is O=CO.[2H]C([2H])([2H])N1CC(=O)OC(C2CC2)CCCCCCCC(=O)NC1=N. The minimum atomic E-state index is -2.70. The van der Waals surface area contributed by atoms with Crippen molar-refractivity contribution in [3.05, 3.63) is 0 Å². The highest BCUT2D eigenvalue weighted by molar-refractivity contribution is 5.96. The predicted molar refractivity (Wildman–Crippen MR) is 92.1 cm³/mol. The zero-order valence-electron chi connectivity index (χ0n) is 17.3. The molecule has 1 aliphatic heterocycles. The van der Waals surface area contributed by atoms with Crippen LogP contribution in [0.5, 0.6) is 0 Å². The van der Waals surface area contributed by atoms with E-state index in [1.807, 2.05) is 0 Å². The molecule has 8 nitrogen and oxygen atoms in total. The zero-order valence-corrected chi connectivity index (χ0v) is 14.3. The third-order valence-electron chi connectivity index (χ3n) is 4.14. The Balaban J connectivity index is 0.00000122. The van der Waals surface area contributed by atoms with Crippen LogP contribution < -0.4 is 5.32 Å². The fraction of sp³-hybridized carbons (Fsp3) is 0.765. The number of guanidine groups is 1. The summed E-state index contributed by atoms with van der Waals surface area (Å²) in [6.45, 7) is -3.52. The Kier molecular flexibility index (Phi) is 7.48. The first-order chi connectivity index (χ1) is 13.2. The van der Waals surface area contributed by atoms with Crippen molar-refractivity contribution < 1.29 is 28.3 Å². The molecule has 1 amide bonds. The van der Waals surface area contributed by atoms with Crippen LogP contribution in [0.15, 0.2) is 0 Å². The molecular weight excluding hydrogens is 326 g/mol. The van der Waals surface area contributed by atoms with Gasteiger partial charge in [0.15, 0.2) is 5.96 Å². The minimum Gasteiger partial charge on any atom is -0.483 e. The Morgan fingerprint density at radius 1 is 1.24 bits per heavy atom. The molecule has 1 unspecified atom stereocenters. The molecule has 1 aliphatic carbocycles. The van der Waals surface area contributed by atoms with Crippen molar-refractivity contribution in [3.63, 3.8) is 0 Å². The first-order valence-electron chi connectivity index (χ1n) is 10.1. The summed E-state index contributed by atoms with van der Waals surface area (Å²) >= 11 is 0. The molecular formula is C17H29N3O5. The summed E-state index contributed by atoms with van der Waals surface area (Å²) in [5, 5.41) is 17.0. The lowest BCUT2D eigenvalue weighted by Crippen LogP contribution is -2.44. The molecule has 0 aromatic carbocycles. The zero-order chi connectivity index (χ0) is 21.2. The molecule has 25 heavy (non-hydrogen) atoms. The number of esters is 1. The van der Waals surface area contributed by atoms with Crippen molar-refractivity contribution in [2.45, 2.75) is 63.9 Å². The van der Waals surface area contributed by atoms with Gasteiger partial charge in [-0.15, -0.1) is 0 Å². The van der Waals surface area contributed by atoms with Crippen molar-refractivity contribution in [1.82, 2.24) is 10.2 Å². The molecule has 0 spiro atoms. The van der Waals surface area contributed by atoms with E-state index < -0.39 is 31.4 Å². The van der Waals surface area contributed by atoms with Crippen LogP contribution in [0.2, 0.25) is 0 Å². The lowest BCUT2D eigenvalue weighted by molar-refractivity contribution is -0.150. The van der Waals surface area contributed by atoms with Gasteiger partial charge in [-0.25, -0.2) is 0 Å². The molecule has 1 heterocycles. The second kappa shape index (κ2) is 11.4. The number of nitrogens with zero attached hydrogens (tertiary/aromatic N) is 1. The van der Waals surface area contributed by atoms with E-state index in [9.17, 15) is 9.59 Å². The molecule has 1 saturated heterocycles. The quantitative estimate of drug-likeness (QED) is 0.485. The normalized spacial score (nSPS) is 26.2. The molecule has 1 saturated carbocycles. The Morgan fingerprint density at radius 3 is 2.52 bits per heavy atom. The molecule has 2 rings (SSSR count). The van der Waals surface area contributed by atoms with Crippen LogP contribution in [0.4, 0.5) is 0 Å². The van der Waals surface area contributed by atoms with Crippen LogP contribution in [0.3, 0.4) is 0 Å². The molecule has 142 valence electrons. The van der Waals surface area contributed by atoms with Gasteiger partial charge in [0.1, 0.15) is 12.6 Å².